The van der Waals surface area contributed by atoms with E-state index in [4.69, 9.17) is 4.74 Å². The molecule has 120 valence electrons. The number of carbonyl (C=O) groups excluding carboxylic acids is 1. The van der Waals surface area contributed by atoms with Crippen LogP contribution in [0.4, 0.5) is 5.69 Å². The Kier molecular flexibility index (Phi) is 5.74. The molecule has 1 amide bonds. The normalized spacial score (nSPS) is 10.6. The maximum absolute atomic E-state index is 11.8. The van der Waals surface area contributed by atoms with Gasteiger partial charge in [-0.1, -0.05) is 29.8 Å². The summed E-state index contributed by atoms with van der Waals surface area (Å²) in [6.07, 6.45) is 1.58. The summed E-state index contributed by atoms with van der Waals surface area (Å²) in [5.41, 5.74) is 6.60. The number of amides is 1. The monoisotopic (exact) mass is 311 g/mol. The molecular weight excluding hydrogens is 290 g/mol. The summed E-state index contributed by atoms with van der Waals surface area (Å²) in [5, 5.41) is 7.05. The van der Waals surface area contributed by atoms with Gasteiger partial charge in [-0.2, -0.15) is 5.10 Å². The molecule has 0 spiro atoms. The van der Waals surface area contributed by atoms with Crippen molar-refractivity contribution in [3.8, 4) is 5.75 Å². The van der Waals surface area contributed by atoms with E-state index in [2.05, 4.69) is 21.9 Å². The maximum atomic E-state index is 11.8. The third-order valence-corrected chi connectivity index (χ3v) is 3.32. The molecule has 2 N–H and O–H groups in total. The summed E-state index contributed by atoms with van der Waals surface area (Å²) >= 11 is 0. The molecule has 0 aliphatic heterocycles. The number of carbonyl (C=O) groups is 1. The quantitative estimate of drug-likeness (QED) is 0.637. The lowest BCUT2D eigenvalue weighted by molar-refractivity contribution is -0.119. The lowest BCUT2D eigenvalue weighted by atomic mass is 10.1. The van der Waals surface area contributed by atoms with Crippen LogP contribution in [0.15, 0.2) is 47.6 Å². The Morgan fingerprint density at radius 3 is 2.78 bits per heavy atom. The van der Waals surface area contributed by atoms with Crippen LogP contribution in [0.25, 0.3) is 0 Å². The van der Waals surface area contributed by atoms with Gasteiger partial charge in [0.05, 0.1) is 19.9 Å². The second-order valence-corrected chi connectivity index (χ2v) is 5.24. The van der Waals surface area contributed by atoms with Crippen molar-refractivity contribution in [3.05, 3.63) is 59.2 Å². The first-order chi connectivity index (χ1) is 11.1. The van der Waals surface area contributed by atoms with Crippen LogP contribution in [0, 0.1) is 13.8 Å². The van der Waals surface area contributed by atoms with Gasteiger partial charge in [0, 0.05) is 5.69 Å². The second-order valence-electron chi connectivity index (χ2n) is 5.24. The van der Waals surface area contributed by atoms with Crippen molar-refractivity contribution >= 4 is 17.8 Å². The highest BCUT2D eigenvalue weighted by atomic mass is 16.5. The molecule has 0 aliphatic rings. The molecule has 5 nitrogen and oxygen atoms in total. The van der Waals surface area contributed by atoms with Crippen molar-refractivity contribution in [2.24, 2.45) is 5.10 Å². The van der Waals surface area contributed by atoms with Gasteiger partial charge in [0.2, 0.25) is 0 Å². The first-order valence-electron chi connectivity index (χ1n) is 7.35. The van der Waals surface area contributed by atoms with Gasteiger partial charge in [0.1, 0.15) is 5.75 Å². The molecule has 5 heteroatoms. The second kappa shape index (κ2) is 7.98. The molecule has 0 unspecified atom stereocenters. The predicted molar refractivity (Wildman–Crippen MR) is 93.1 cm³/mol. The molecule has 0 aromatic heterocycles. The molecule has 0 saturated carbocycles. The number of methoxy groups -OCH3 is 1. The minimum atomic E-state index is -0.205. The average molecular weight is 311 g/mol. The third kappa shape index (κ3) is 5.14. The van der Waals surface area contributed by atoms with E-state index in [0.717, 1.165) is 22.6 Å². The van der Waals surface area contributed by atoms with Gasteiger partial charge in [-0.05, 0) is 43.2 Å². The number of ether oxygens (including phenoxy) is 1. The van der Waals surface area contributed by atoms with Gasteiger partial charge >= 0.3 is 0 Å². The van der Waals surface area contributed by atoms with Crippen LogP contribution in [-0.2, 0) is 4.79 Å². The van der Waals surface area contributed by atoms with Gasteiger partial charge < -0.3 is 10.1 Å². The largest absolute Gasteiger partial charge is 0.497 e. The number of anilines is 1. The van der Waals surface area contributed by atoms with Crippen molar-refractivity contribution < 1.29 is 9.53 Å². The zero-order valence-corrected chi connectivity index (χ0v) is 13.6. The molecule has 23 heavy (non-hydrogen) atoms. The SMILES string of the molecule is COc1cccc(C=NNC(=O)CNc2ccc(C)cc2C)c1. The van der Waals surface area contributed by atoms with Crippen LogP contribution in [-0.4, -0.2) is 25.8 Å². The summed E-state index contributed by atoms with van der Waals surface area (Å²) in [6.45, 7) is 4.21. The smallest absolute Gasteiger partial charge is 0.259 e. The number of hydrazone groups is 1. The molecule has 0 saturated heterocycles. The van der Waals surface area contributed by atoms with Crippen molar-refractivity contribution in [2.45, 2.75) is 13.8 Å². The molecule has 0 radical (unpaired) electrons. The van der Waals surface area contributed by atoms with Crippen molar-refractivity contribution in [2.75, 3.05) is 19.0 Å². The van der Waals surface area contributed by atoms with Gasteiger partial charge in [-0.25, -0.2) is 5.43 Å². The summed E-state index contributed by atoms with van der Waals surface area (Å²) in [4.78, 5) is 11.8. The molecule has 0 atom stereocenters. The van der Waals surface area contributed by atoms with Gasteiger partial charge in [0.15, 0.2) is 0 Å². The molecule has 0 fully saturated rings. The van der Waals surface area contributed by atoms with Crippen LogP contribution in [0.5, 0.6) is 5.75 Å². The minimum absolute atomic E-state index is 0.166. The van der Waals surface area contributed by atoms with Gasteiger partial charge in [0.25, 0.3) is 5.91 Å². The third-order valence-electron chi connectivity index (χ3n) is 3.32. The zero-order valence-electron chi connectivity index (χ0n) is 13.6. The highest BCUT2D eigenvalue weighted by Crippen LogP contribution is 2.15. The zero-order chi connectivity index (χ0) is 16.7. The van der Waals surface area contributed by atoms with Crippen LogP contribution >= 0.6 is 0 Å². The van der Waals surface area contributed by atoms with Crippen LogP contribution in [0.3, 0.4) is 0 Å². The Hall–Kier alpha value is -2.82. The Morgan fingerprint density at radius 2 is 2.04 bits per heavy atom. The highest BCUT2D eigenvalue weighted by Gasteiger charge is 2.02. The van der Waals surface area contributed by atoms with E-state index in [1.165, 1.54) is 5.56 Å². The molecule has 2 rings (SSSR count). The lowest BCUT2D eigenvalue weighted by Crippen LogP contribution is -2.26. The van der Waals surface area contributed by atoms with Gasteiger partial charge in [-0.3, -0.25) is 4.79 Å². The number of hydrogen-bond donors (Lipinski definition) is 2. The van der Waals surface area contributed by atoms with Crippen molar-refractivity contribution in [1.29, 1.82) is 0 Å². The summed E-state index contributed by atoms with van der Waals surface area (Å²) in [5.74, 6) is 0.543. The molecule has 0 heterocycles. The molecule has 2 aromatic carbocycles. The van der Waals surface area contributed by atoms with Crippen LogP contribution in [0.2, 0.25) is 0 Å². The Bertz CT molecular complexity index is 711. The summed E-state index contributed by atoms with van der Waals surface area (Å²) in [7, 11) is 1.61. The number of nitrogens with one attached hydrogen (secondary N) is 2. The topological polar surface area (TPSA) is 62.7 Å². The van der Waals surface area contributed by atoms with E-state index < -0.39 is 0 Å². The Labute approximate surface area is 136 Å². The fourth-order valence-electron chi connectivity index (χ4n) is 2.13. The molecule has 2 aromatic rings. The maximum Gasteiger partial charge on any atom is 0.259 e. The van der Waals surface area contributed by atoms with E-state index in [-0.39, 0.29) is 12.5 Å². The van der Waals surface area contributed by atoms with Gasteiger partial charge in [-0.15, -0.1) is 0 Å². The first-order valence-corrected chi connectivity index (χ1v) is 7.35. The number of nitrogens with zero attached hydrogens (tertiary/aromatic N) is 1. The number of rotatable bonds is 6. The number of aryl methyl sites for hydroxylation is 2. The lowest BCUT2D eigenvalue weighted by Gasteiger charge is -2.09. The van der Waals surface area contributed by atoms with E-state index in [1.807, 2.05) is 50.2 Å². The minimum Gasteiger partial charge on any atom is -0.497 e. The summed E-state index contributed by atoms with van der Waals surface area (Å²) in [6, 6.07) is 13.5. The van der Waals surface area contributed by atoms with Crippen LogP contribution in [0.1, 0.15) is 16.7 Å². The van der Waals surface area contributed by atoms with E-state index in [0.29, 0.717) is 0 Å². The fourth-order valence-corrected chi connectivity index (χ4v) is 2.13. The number of benzene rings is 2. The van der Waals surface area contributed by atoms with E-state index >= 15 is 0 Å². The van der Waals surface area contributed by atoms with E-state index in [1.54, 1.807) is 13.3 Å². The van der Waals surface area contributed by atoms with Crippen molar-refractivity contribution in [1.82, 2.24) is 5.43 Å². The number of hydrogen-bond acceptors (Lipinski definition) is 4. The Morgan fingerprint density at radius 1 is 1.22 bits per heavy atom. The Balaban J connectivity index is 1.83. The summed E-state index contributed by atoms with van der Waals surface area (Å²) < 4.78 is 5.13. The highest BCUT2D eigenvalue weighted by molar-refractivity contribution is 5.84. The fraction of sp³-hybridized carbons (Fsp3) is 0.222. The predicted octanol–water partition coefficient (Wildman–Crippen LogP) is 2.87. The molecule has 0 aliphatic carbocycles. The molecular formula is C18H21N3O2. The average Bonchev–Trinajstić information content (AvgIpc) is 2.54. The van der Waals surface area contributed by atoms with Crippen LogP contribution < -0.4 is 15.5 Å². The first kappa shape index (κ1) is 16.5. The van der Waals surface area contributed by atoms with Crippen molar-refractivity contribution in [3.63, 3.8) is 0 Å². The standard InChI is InChI=1S/C18H21N3O2/c1-13-7-8-17(14(2)9-13)19-12-18(22)21-20-11-15-5-4-6-16(10-15)23-3/h4-11,19H,12H2,1-3H3,(H,21,22). The molecule has 0 bridgehead atoms. The van der Waals surface area contributed by atoms with E-state index in [9.17, 15) is 4.79 Å².